The van der Waals surface area contributed by atoms with Crippen LogP contribution in [0.1, 0.15) is 38.9 Å². The van der Waals surface area contributed by atoms with Crippen LogP contribution in [0.3, 0.4) is 0 Å². The Morgan fingerprint density at radius 2 is 1.83 bits per heavy atom. The van der Waals surface area contributed by atoms with Gasteiger partial charge in [-0.25, -0.2) is 4.98 Å². The summed E-state index contributed by atoms with van der Waals surface area (Å²) in [6.07, 6.45) is 3.10. The Hall–Kier alpha value is -2.37. The van der Waals surface area contributed by atoms with Crippen LogP contribution in [0.5, 0.6) is 0 Å². The number of hydrogen-bond acceptors (Lipinski definition) is 3. The average molecular weight is 330 g/mol. The lowest BCUT2D eigenvalue weighted by molar-refractivity contribution is -0.122. The van der Waals surface area contributed by atoms with Gasteiger partial charge >= 0.3 is 0 Å². The molecule has 0 aliphatic carbocycles. The number of aromatic nitrogens is 2. The first-order valence-electron chi connectivity index (χ1n) is 8.63. The average Bonchev–Trinajstić information content (AvgIpc) is 2.92. The third-order valence-electron chi connectivity index (χ3n) is 3.88. The standard InChI is InChI=1S/C18H26N4O2/c1-3-5-11-19-18(24)13-22-15-9-7-6-8-14(15)21-16(22)10-12-20-17(23)4-2/h6-9H,3-5,10-13H2,1-2H3,(H,19,24)(H,20,23). The van der Waals surface area contributed by atoms with Crippen molar-refractivity contribution in [3.05, 3.63) is 30.1 Å². The van der Waals surface area contributed by atoms with Gasteiger partial charge in [-0.2, -0.15) is 0 Å². The first-order chi connectivity index (χ1) is 11.7. The predicted molar refractivity (Wildman–Crippen MR) is 94.7 cm³/mol. The SMILES string of the molecule is CCCCNC(=O)Cn1c(CCNC(=O)CC)nc2ccccc21. The van der Waals surface area contributed by atoms with Gasteiger partial charge in [0.2, 0.25) is 11.8 Å². The van der Waals surface area contributed by atoms with Gasteiger partial charge in [0, 0.05) is 25.9 Å². The summed E-state index contributed by atoms with van der Waals surface area (Å²) in [5, 5.41) is 5.79. The summed E-state index contributed by atoms with van der Waals surface area (Å²) in [7, 11) is 0. The van der Waals surface area contributed by atoms with Crippen molar-refractivity contribution in [2.75, 3.05) is 13.1 Å². The predicted octanol–water partition coefficient (Wildman–Crippen LogP) is 2.02. The van der Waals surface area contributed by atoms with E-state index in [9.17, 15) is 9.59 Å². The number of rotatable bonds is 9. The number of nitrogens with zero attached hydrogens (tertiary/aromatic N) is 2. The second-order valence-electron chi connectivity index (χ2n) is 5.76. The Balaban J connectivity index is 2.11. The van der Waals surface area contributed by atoms with E-state index in [1.807, 2.05) is 35.8 Å². The molecule has 0 fully saturated rings. The number of nitrogens with one attached hydrogen (secondary N) is 2. The molecule has 1 heterocycles. The Kier molecular flexibility index (Phi) is 6.78. The van der Waals surface area contributed by atoms with Gasteiger partial charge in [0.15, 0.2) is 0 Å². The number of carbonyl (C=O) groups is 2. The largest absolute Gasteiger partial charge is 0.356 e. The molecule has 0 radical (unpaired) electrons. The molecule has 6 nitrogen and oxygen atoms in total. The number of fused-ring (bicyclic) bond motifs is 1. The van der Waals surface area contributed by atoms with Gasteiger partial charge in [-0.3, -0.25) is 9.59 Å². The molecule has 0 bridgehead atoms. The van der Waals surface area contributed by atoms with Crippen LogP contribution >= 0.6 is 0 Å². The molecule has 0 unspecified atom stereocenters. The fourth-order valence-electron chi connectivity index (χ4n) is 2.54. The van der Waals surface area contributed by atoms with Gasteiger partial charge < -0.3 is 15.2 Å². The first-order valence-corrected chi connectivity index (χ1v) is 8.63. The first kappa shape index (κ1) is 18.0. The molecule has 0 saturated carbocycles. The van der Waals surface area contributed by atoms with Crippen molar-refractivity contribution in [2.45, 2.75) is 46.1 Å². The van der Waals surface area contributed by atoms with Crippen molar-refractivity contribution in [3.63, 3.8) is 0 Å². The number of amides is 2. The van der Waals surface area contributed by atoms with E-state index in [-0.39, 0.29) is 18.4 Å². The summed E-state index contributed by atoms with van der Waals surface area (Å²) < 4.78 is 1.94. The third-order valence-corrected chi connectivity index (χ3v) is 3.88. The molecule has 6 heteroatoms. The van der Waals surface area contributed by atoms with Crippen molar-refractivity contribution >= 4 is 22.8 Å². The molecule has 130 valence electrons. The van der Waals surface area contributed by atoms with Crippen LogP contribution in [0, 0.1) is 0 Å². The fourth-order valence-corrected chi connectivity index (χ4v) is 2.54. The Bertz CT molecular complexity index is 693. The van der Waals surface area contributed by atoms with Gasteiger partial charge in [-0.05, 0) is 18.6 Å². The number of unbranched alkanes of at least 4 members (excludes halogenated alkanes) is 1. The zero-order chi connectivity index (χ0) is 17.4. The lowest BCUT2D eigenvalue weighted by Gasteiger charge is -2.10. The molecule has 0 spiro atoms. The van der Waals surface area contributed by atoms with Crippen molar-refractivity contribution in [3.8, 4) is 0 Å². The maximum Gasteiger partial charge on any atom is 0.240 e. The van der Waals surface area contributed by atoms with E-state index in [1.165, 1.54) is 0 Å². The Morgan fingerprint density at radius 1 is 1.08 bits per heavy atom. The van der Waals surface area contributed by atoms with Crippen LogP contribution in [0.25, 0.3) is 11.0 Å². The fraction of sp³-hybridized carbons (Fsp3) is 0.500. The van der Waals surface area contributed by atoms with E-state index in [1.54, 1.807) is 0 Å². The zero-order valence-corrected chi connectivity index (χ0v) is 14.5. The maximum absolute atomic E-state index is 12.2. The summed E-state index contributed by atoms with van der Waals surface area (Å²) >= 11 is 0. The van der Waals surface area contributed by atoms with Crippen LogP contribution in [0.15, 0.2) is 24.3 Å². The van der Waals surface area contributed by atoms with Crippen molar-refractivity contribution in [1.82, 2.24) is 20.2 Å². The van der Waals surface area contributed by atoms with Gasteiger partial charge in [-0.15, -0.1) is 0 Å². The molecule has 2 aromatic rings. The van der Waals surface area contributed by atoms with E-state index in [0.29, 0.717) is 25.9 Å². The minimum atomic E-state index is -0.00885. The summed E-state index contributed by atoms with van der Waals surface area (Å²) in [4.78, 5) is 28.2. The molecule has 0 aliphatic heterocycles. The number of hydrogen-bond donors (Lipinski definition) is 2. The maximum atomic E-state index is 12.2. The van der Waals surface area contributed by atoms with Crippen molar-refractivity contribution in [1.29, 1.82) is 0 Å². The lowest BCUT2D eigenvalue weighted by atomic mass is 10.3. The third kappa shape index (κ3) is 4.81. The number of benzene rings is 1. The minimum Gasteiger partial charge on any atom is -0.356 e. The van der Waals surface area contributed by atoms with Crippen molar-refractivity contribution in [2.24, 2.45) is 0 Å². The highest BCUT2D eigenvalue weighted by Crippen LogP contribution is 2.16. The molecule has 2 rings (SSSR count). The number of imidazole rings is 1. The van der Waals surface area contributed by atoms with Gasteiger partial charge in [0.25, 0.3) is 0 Å². The van der Waals surface area contributed by atoms with Gasteiger partial charge in [-0.1, -0.05) is 32.4 Å². The second kappa shape index (κ2) is 9.05. The molecule has 24 heavy (non-hydrogen) atoms. The molecule has 2 amide bonds. The highest BCUT2D eigenvalue weighted by molar-refractivity contribution is 5.81. The Labute approximate surface area is 142 Å². The monoisotopic (exact) mass is 330 g/mol. The lowest BCUT2D eigenvalue weighted by Crippen LogP contribution is -2.30. The van der Waals surface area contributed by atoms with E-state index < -0.39 is 0 Å². The van der Waals surface area contributed by atoms with Crippen LogP contribution in [-0.2, 0) is 22.6 Å². The summed E-state index contributed by atoms with van der Waals surface area (Å²) in [6, 6.07) is 7.78. The van der Waals surface area contributed by atoms with Gasteiger partial charge in [0.05, 0.1) is 11.0 Å². The van der Waals surface area contributed by atoms with Crippen molar-refractivity contribution < 1.29 is 9.59 Å². The molecule has 1 aromatic heterocycles. The van der Waals surface area contributed by atoms with E-state index >= 15 is 0 Å². The van der Waals surface area contributed by atoms with Crippen LogP contribution < -0.4 is 10.6 Å². The van der Waals surface area contributed by atoms with Crippen LogP contribution in [-0.4, -0.2) is 34.5 Å². The normalized spacial score (nSPS) is 10.8. The van der Waals surface area contributed by atoms with Gasteiger partial charge in [0.1, 0.15) is 12.4 Å². The molecular weight excluding hydrogens is 304 g/mol. The molecular formula is C18H26N4O2. The highest BCUT2D eigenvalue weighted by atomic mass is 16.2. The van der Waals surface area contributed by atoms with E-state index in [2.05, 4.69) is 22.5 Å². The topological polar surface area (TPSA) is 76.0 Å². The van der Waals surface area contributed by atoms with Crippen LogP contribution in [0.4, 0.5) is 0 Å². The summed E-state index contributed by atoms with van der Waals surface area (Å²) in [5.74, 6) is 0.832. The molecule has 1 aromatic carbocycles. The zero-order valence-electron chi connectivity index (χ0n) is 14.5. The minimum absolute atomic E-state index is 0.00885. The Morgan fingerprint density at radius 3 is 2.58 bits per heavy atom. The molecule has 0 atom stereocenters. The molecule has 0 aliphatic rings. The highest BCUT2D eigenvalue weighted by Gasteiger charge is 2.13. The number of para-hydroxylation sites is 2. The van der Waals surface area contributed by atoms with E-state index in [4.69, 9.17) is 0 Å². The van der Waals surface area contributed by atoms with Crippen LogP contribution in [0.2, 0.25) is 0 Å². The molecule has 2 N–H and O–H groups in total. The second-order valence-corrected chi connectivity index (χ2v) is 5.76. The summed E-state index contributed by atoms with van der Waals surface area (Å²) in [6.45, 7) is 5.39. The molecule has 0 saturated heterocycles. The summed E-state index contributed by atoms with van der Waals surface area (Å²) in [5.41, 5.74) is 1.82. The van der Waals surface area contributed by atoms with E-state index in [0.717, 1.165) is 29.7 Å². The quantitative estimate of drug-likeness (QED) is 0.691. The smallest absolute Gasteiger partial charge is 0.240 e. The number of carbonyl (C=O) groups excluding carboxylic acids is 2.